The van der Waals surface area contributed by atoms with Crippen molar-refractivity contribution in [3.63, 3.8) is 0 Å². The molecule has 4 atom stereocenters. The number of carbonyl (C=O) groups excluding carboxylic acids is 1. The van der Waals surface area contributed by atoms with Crippen LogP contribution in [0.25, 0.3) is 0 Å². The zero-order chi connectivity index (χ0) is 14.4. The van der Waals surface area contributed by atoms with E-state index in [0.717, 1.165) is 37.9 Å². The summed E-state index contributed by atoms with van der Waals surface area (Å²) in [5.74, 6) is 1.66. The van der Waals surface area contributed by atoms with Crippen molar-refractivity contribution in [1.29, 1.82) is 0 Å². The van der Waals surface area contributed by atoms with Crippen LogP contribution in [0.4, 0.5) is 0 Å². The van der Waals surface area contributed by atoms with Crippen molar-refractivity contribution in [2.75, 3.05) is 19.6 Å². The van der Waals surface area contributed by atoms with Gasteiger partial charge in [-0.1, -0.05) is 13.8 Å². The van der Waals surface area contributed by atoms with E-state index in [-0.39, 0.29) is 42.8 Å². The van der Waals surface area contributed by atoms with E-state index in [0.29, 0.717) is 6.42 Å². The summed E-state index contributed by atoms with van der Waals surface area (Å²) < 4.78 is 0. The lowest BCUT2D eigenvalue weighted by molar-refractivity contribution is -0.122. The van der Waals surface area contributed by atoms with E-state index in [2.05, 4.69) is 31.0 Å². The van der Waals surface area contributed by atoms with E-state index in [4.69, 9.17) is 5.73 Å². The number of nitrogens with zero attached hydrogens (tertiary/aromatic N) is 1. The van der Waals surface area contributed by atoms with Crippen LogP contribution in [0.3, 0.4) is 0 Å². The number of likely N-dealkylation sites (tertiary alicyclic amines) is 1. The predicted octanol–water partition coefficient (Wildman–Crippen LogP) is 2.44. The quantitative estimate of drug-likeness (QED) is 0.779. The molecule has 6 heteroatoms. The van der Waals surface area contributed by atoms with Gasteiger partial charge < -0.3 is 16.0 Å². The van der Waals surface area contributed by atoms with E-state index in [9.17, 15) is 4.79 Å². The van der Waals surface area contributed by atoms with Gasteiger partial charge in [-0.15, -0.1) is 24.8 Å². The highest BCUT2D eigenvalue weighted by molar-refractivity contribution is 5.85. The van der Waals surface area contributed by atoms with E-state index >= 15 is 0 Å². The Bertz CT molecular complexity index is 280. The van der Waals surface area contributed by atoms with Crippen LogP contribution in [0, 0.1) is 11.8 Å². The second-order valence-corrected chi connectivity index (χ2v) is 6.65. The Hall–Kier alpha value is -0.0300. The van der Waals surface area contributed by atoms with Crippen molar-refractivity contribution >= 4 is 30.7 Å². The van der Waals surface area contributed by atoms with Crippen molar-refractivity contribution in [1.82, 2.24) is 10.2 Å². The number of halogens is 2. The maximum absolute atomic E-state index is 11.7. The highest BCUT2D eigenvalue weighted by atomic mass is 35.5. The summed E-state index contributed by atoms with van der Waals surface area (Å²) in [5.41, 5.74) is 5.66. The number of piperidine rings is 1. The SMILES string of the molecule is CC(N)CCC(=O)NC(C)CN1CC(C)CC(C)C1.Cl.Cl. The monoisotopic (exact) mass is 341 g/mol. The molecule has 3 N–H and O–H groups in total. The maximum Gasteiger partial charge on any atom is 0.220 e. The number of nitrogens with one attached hydrogen (secondary N) is 1. The molecule has 0 saturated carbocycles. The van der Waals surface area contributed by atoms with Gasteiger partial charge in [0.25, 0.3) is 0 Å². The second kappa shape index (κ2) is 11.5. The van der Waals surface area contributed by atoms with Crippen LogP contribution in [0.5, 0.6) is 0 Å². The third-order valence-corrected chi connectivity index (χ3v) is 3.71. The molecule has 0 spiro atoms. The van der Waals surface area contributed by atoms with Crippen molar-refractivity contribution in [2.45, 2.75) is 59.0 Å². The van der Waals surface area contributed by atoms with Crippen molar-refractivity contribution in [2.24, 2.45) is 17.6 Å². The zero-order valence-electron chi connectivity index (χ0n) is 13.8. The molecule has 0 bridgehead atoms. The summed E-state index contributed by atoms with van der Waals surface area (Å²) in [7, 11) is 0. The van der Waals surface area contributed by atoms with Gasteiger partial charge in [-0.25, -0.2) is 0 Å². The van der Waals surface area contributed by atoms with Gasteiger partial charge in [0.05, 0.1) is 0 Å². The predicted molar refractivity (Wildman–Crippen MR) is 94.4 cm³/mol. The van der Waals surface area contributed by atoms with Gasteiger partial charge in [-0.3, -0.25) is 4.79 Å². The van der Waals surface area contributed by atoms with E-state index in [1.165, 1.54) is 6.42 Å². The van der Waals surface area contributed by atoms with Crippen LogP contribution in [-0.2, 0) is 4.79 Å². The molecule has 0 aromatic carbocycles. The Labute approximate surface area is 142 Å². The fraction of sp³-hybridized carbons (Fsp3) is 0.933. The standard InChI is InChI=1S/C15H31N3O.2ClH/c1-11-7-12(2)9-18(8-11)10-14(4)17-15(19)6-5-13(3)16;;/h11-14H,5-10,16H2,1-4H3,(H,17,19);2*1H. The molecule has 21 heavy (non-hydrogen) atoms. The molecule has 1 saturated heterocycles. The smallest absolute Gasteiger partial charge is 0.220 e. The van der Waals surface area contributed by atoms with Crippen molar-refractivity contribution < 1.29 is 4.79 Å². The molecule has 1 aliphatic rings. The van der Waals surface area contributed by atoms with E-state index in [1.54, 1.807) is 0 Å². The first-order chi connectivity index (χ1) is 8.86. The van der Waals surface area contributed by atoms with Gasteiger partial charge in [0.1, 0.15) is 0 Å². The van der Waals surface area contributed by atoms with Crippen LogP contribution in [0.2, 0.25) is 0 Å². The molecular formula is C15H33Cl2N3O. The van der Waals surface area contributed by atoms with Crippen molar-refractivity contribution in [3.8, 4) is 0 Å². The molecule has 1 aliphatic heterocycles. The minimum absolute atomic E-state index is 0. The first-order valence-corrected chi connectivity index (χ1v) is 7.64. The maximum atomic E-state index is 11.7. The summed E-state index contributed by atoms with van der Waals surface area (Å²) in [6.07, 6.45) is 2.62. The van der Waals surface area contributed by atoms with Gasteiger partial charge in [-0.2, -0.15) is 0 Å². The fourth-order valence-electron chi connectivity index (χ4n) is 3.08. The third-order valence-electron chi connectivity index (χ3n) is 3.71. The van der Waals surface area contributed by atoms with Gasteiger partial charge in [0.2, 0.25) is 5.91 Å². The number of carbonyl (C=O) groups is 1. The number of hydrogen-bond donors (Lipinski definition) is 2. The number of hydrogen-bond acceptors (Lipinski definition) is 3. The van der Waals surface area contributed by atoms with Gasteiger partial charge in [-0.05, 0) is 38.5 Å². The van der Waals surface area contributed by atoms with Crippen LogP contribution in [-0.4, -0.2) is 42.5 Å². The Balaban J connectivity index is 0. The van der Waals surface area contributed by atoms with Crippen LogP contribution in [0.1, 0.15) is 47.0 Å². The molecule has 4 nitrogen and oxygen atoms in total. The number of amides is 1. The number of nitrogens with two attached hydrogens (primary N) is 1. The van der Waals surface area contributed by atoms with Crippen molar-refractivity contribution in [3.05, 3.63) is 0 Å². The molecule has 0 aromatic heterocycles. The molecule has 4 unspecified atom stereocenters. The van der Waals surface area contributed by atoms with Crippen LogP contribution < -0.4 is 11.1 Å². The summed E-state index contributed by atoms with van der Waals surface area (Å²) in [5, 5.41) is 3.08. The fourth-order valence-corrected chi connectivity index (χ4v) is 3.08. The van der Waals surface area contributed by atoms with Gasteiger partial charge >= 0.3 is 0 Å². The number of rotatable bonds is 6. The Morgan fingerprint density at radius 1 is 1.24 bits per heavy atom. The molecule has 1 heterocycles. The topological polar surface area (TPSA) is 58.4 Å². The molecule has 1 fully saturated rings. The average molecular weight is 342 g/mol. The molecule has 128 valence electrons. The molecule has 1 rings (SSSR count). The molecule has 0 radical (unpaired) electrons. The molecule has 1 amide bonds. The zero-order valence-corrected chi connectivity index (χ0v) is 15.4. The van der Waals surface area contributed by atoms with Gasteiger partial charge in [0.15, 0.2) is 0 Å². The Morgan fingerprint density at radius 3 is 2.24 bits per heavy atom. The lowest BCUT2D eigenvalue weighted by Crippen LogP contribution is -2.47. The minimum Gasteiger partial charge on any atom is -0.352 e. The molecular weight excluding hydrogens is 309 g/mol. The van der Waals surface area contributed by atoms with Gasteiger partial charge in [0, 0.05) is 38.1 Å². The summed E-state index contributed by atoms with van der Waals surface area (Å²) >= 11 is 0. The average Bonchev–Trinajstić information content (AvgIpc) is 2.24. The Morgan fingerprint density at radius 2 is 1.76 bits per heavy atom. The van der Waals surface area contributed by atoms with Crippen LogP contribution in [0.15, 0.2) is 0 Å². The van der Waals surface area contributed by atoms with Crippen LogP contribution >= 0.6 is 24.8 Å². The third kappa shape index (κ3) is 10.3. The normalized spacial score (nSPS) is 25.2. The second-order valence-electron chi connectivity index (χ2n) is 6.65. The molecule has 0 aromatic rings. The lowest BCUT2D eigenvalue weighted by atomic mass is 9.92. The summed E-state index contributed by atoms with van der Waals surface area (Å²) in [4.78, 5) is 14.2. The summed E-state index contributed by atoms with van der Waals surface area (Å²) in [6, 6.07) is 0.322. The van der Waals surface area contributed by atoms with E-state index in [1.807, 2.05) is 6.92 Å². The lowest BCUT2D eigenvalue weighted by Gasteiger charge is -2.36. The Kier molecular flexibility index (Phi) is 12.8. The first kappa shape index (κ1) is 23.2. The first-order valence-electron chi connectivity index (χ1n) is 7.64. The minimum atomic E-state index is 0. The molecule has 0 aliphatic carbocycles. The highest BCUT2D eigenvalue weighted by Crippen LogP contribution is 2.20. The van der Waals surface area contributed by atoms with E-state index < -0.39 is 0 Å². The largest absolute Gasteiger partial charge is 0.352 e. The highest BCUT2D eigenvalue weighted by Gasteiger charge is 2.23. The summed E-state index contributed by atoms with van der Waals surface area (Å²) in [6.45, 7) is 11.9.